The Morgan fingerprint density at radius 1 is 1.28 bits per heavy atom. The number of ether oxygens (including phenoxy) is 2. The van der Waals surface area contributed by atoms with E-state index < -0.39 is 0 Å². The first-order chi connectivity index (χ1) is 13.9. The van der Waals surface area contributed by atoms with Crippen LogP contribution in [-0.2, 0) is 11.8 Å². The molecule has 0 N–H and O–H groups in total. The molecule has 1 aromatic heterocycles. The quantitative estimate of drug-likeness (QED) is 0.739. The predicted octanol–water partition coefficient (Wildman–Crippen LogP) is 2.31. The Hall–Kier alpha value is -3.03. The Balaban J connectivity index is 1.48. The van der Waals surface area contributed by atoms with E-state index >= 15 is 0 Å². The summed E-state index contributed by atoms with van der Waals surface area (Å²) in [6.45, 7) is 5.46. The van der Waals surface area contributed by atoms with Gasteiger partial charge in [-0.15, -0.1) is 0 Å². The summed E-state index contributed by atoms with van der Waals surface area (Å²) in [5.74, 6) is 2.20. The Kier molecular flexibility index (Phi) is 5.17. The fourth-order valence-electron chi connectivity index (χ4n) is 3.94. The van der Waals surface area contributed by atoms with E-state index in [1.807, 2.05) is 36.9 Å². The number of hydrogen-bond acceptors (Lipinski definition) is 5. The highest BCUT2D eigenvalue weighted by molar-refractivity contribution is 5.92. The number of hydrogen-bond donors (Lipinski definition) is 0. The van der Waals surface area contributed by atoms with Gasteiger partial charge in [-0.05, 0) is 50.5 Å². The zero-order chi connectivity index (χ0) is 20.5. The maximum Gasteiger partial charge on any atom is 0.345 e. The van der Waals surface area contributed by atoms with Gasteiger partial charge < -0.3 is 14.4 Å². The van der Waals surface area contributed by atoms with Gasteiger partial charge in [-0.3, -0.25) is 9.36 Å². The van der Waals surface area contributed by atoms with Crippen LogP contribution in [0.15, 0.2) is 29.1 Å². The molecular formula is C21H26N4O4. The van der Waals surface area contributed by atoms with Crippen LogP contribution in [0.25, 0.3) is 6.08 Å². The van der Waals surface area contributed by atoms with Crippen molar-refractivity contribution in [3.05, 3.63) is 46.1 Å². The van der Waals surface area contributed by atoms with Crippen LogP contribution in [-0.4, -0.2) is 45.0 Å². The molecule has 1 amide bonds. The van der Waals surface area contributed by atoms with Crippen LogP contribution in [0, 0.1) is 0 Å². The molecule has 8 heteroatoms. The fourth-order valence-corrected chi connectivity index (χ4v) is 3.94. The molecule has 0 spiro atoms. The maximum absolute atomic E-state index is 12.8. The molecule has 0 bridgehead atoms. The van der Waals surface area contributed by atoms with Crippen LogP contribution in [0.1, 0.15) is 50.0 Å². The Labute approximate surface area is 169 Å². The molecule has 3 heterocycles. The van der Waals surface area contributed by atoms with Crippen LogP contribution in [0.3, 0.4) is 0 Å². The summed E-state index contributed by atoms with van der Waals surface area (Å²) in [6.07, 6.45) is 5.18. The number of fused-ring (bicyclic) bond motifs is 1. The molecule has 0 aliphatic carbocycles. The molecular weight excluding hydrogens is 372 g/mol. The first kappa shape index (κ1) is 19.3. The summed E-state index contributed by atoms with van der Waals surface area (Å²) >= 11 is 0. The van der Waals surface area contributed by atoms with Crippen LogP contribution in [0.2, 0.25) is 0 Å². The first-order valence-electron chi connectivity index (χ1n) is 9.96. The number of carbonyl (C=O) groups is 1. The van der Waals surface area contributed by atoms with E-state index in [-0.39, 0.29) is 30.3 Å². The molecule has 29 heavy (non-hydrogen) atoms. The van der Waals surface area contributed by atoms with E-state index in [0.717, 1.165) is 30.0 Å². The average Bonchev–Trinajstić information content (AvgIpc) is 3.30. The van der Waals surface area contributed by atoms with Gasteiger partial charge in [-0.1, -0.05) is 6.07 Å². The smallest absolute Gasteiger partial charge is 0.345 e. The lowest BCUT2D eigenvalue weighted by Gasteiger charge is -2.32. The molecule has 2 aliphatic rings. The number of piperidine rings is 1. The predicted molar refractivity (Wildman–Crippen MR) is 108 cm³/mol. The van der Waals surface area contributed by atoms with Gasteiger partial charge in [-0.25, -0.2) is 9.48 Å². The van der Waals surface area contributed by atoms with Crippen molar-refractivity contribution in [1.82, 2.24) is 19.2 Å². The van der Waals surface area contributed by atoms with Gasteiger partial charge in [0.25, 0.3) is 0 Å². The number of amides is 1. The Morgan fingerprint density at radius 2 is 2.07 bits per heavy atom. The lowest BCUT2D eigenvalue weighted by Crippen LogP contribution is -2.39. The molecule has 0 saturated carbocycles. The highest BCUT2D eigenvalue weighted by atomic mass is 16.7. The minimum atomic E-state index is -0.110. The Morgan fingerprint density at radius 3 is 2.86 bits per heavy atom. The van der Waals surface area contributed by atoms with Crippen molar-refractivity contribution in [2.45, 2.75) is 38.6 Å². The molecule has 1 unspecified atom stereocenters. The van der Waals surface area contributed by atoms with E-state index in [1.54, 1.807) is 23.8 Å². The summed E-state index contributed by atoms with van der Waals surface area (Å²) < 4.78 is 13.8. The van der Waals surface area contributed by atoms with Gasteiger partial charge in [0.2, 0.25) is 12.7 Å². The van der Waals surface area contributed by atoms with Gasteiger partial charge in [0, 0.05) is 38.2 Å². The van der Waals surface area contributed by atoms with Crippen LogP contribution < -0.4 is 15.2 Å². The van der Waals surface area contributed by atoms with Crippen molar-refractivity contribution in [2.75, 3.05) is 19.9 Å². The van der Waals surface area contributed by atoms with Crippen molar-refractivity contribution in [1.29, 1.82) is 0 Å². The summed E-state index contributed by atoms with van der Waals surface area (Å²) in [5, 5.41) is 4.46. The summed E-state index contributed by atoms with van der Waals surface area (Å²) in [7, 11) is 1.67. The monoisotopic (exact) mass is 398 g/mol. The highest BCUT2D eigenvalue weighted by Gasteiger charge is 2.29. The third-order valence-corrected chi connectivity index (χ3v) is 5.41. The topological polar surface area (TPSA) is 78.6 Å². The highest BCUT2D eigenvalue weighted by Crippen LogP contribution is 2.33. The van der Waals surface area contributed by atoms with Crippen molar-refractivity contribution in [3.8, 4) is 11.5 Å². The summed E-state index contributed by atoms with van der Waals surface area (Å²) in [5.41, 5.74) is 0.774. The molecule has 0 radical (unpaired) electrons. The van der Waals surface area contributed by atoms with Crippen molar-refractivity contribution < 1.29 is 14.3 Å². The van der Waals surface area contributed by atoms with Crippen molar-refractivity contribution in [3.63, 3.8) is 0 Å². The van der Waals surface area contributed by atoms with E-state index in [9.17, 15) is 9.59 Å². The lowest BCUT2D eigenvalue weighted by molar-refractivity contribution is -0.127. The maximum atomic E-state index is 12.8. The van der Waals surface area contributed by atoms with Crippen molar-refractivity contribution in [2.24, 2.45) is 7.05 Å². The largest absolute Gasteiger partial charge is 0.454 e. The fraction of sp³-hybridized carbons (Fsp3) is 0.476. The second kappa shape index (κ2) is 7.77. The molecule has 1 aromatic carbocycles. The van der Waals surface area contributed by atoms with E-state index in [4.69, 9.17) is 9.47 Å². The average molecular weight is 398 g/mol. The summed E-state index contributed by atoms with van der Waals surface area (Å²) in [6, 6.07) is 5.63. The van der Waals surface area contributed by atoms with Crippen molar-refractivity contribution >= 4 is 12.0 Å². The molecule has 1 fully saturated rings. The lowest BCUT2D eigenvalue weighted by atomic mass is 9.96. The number of rotatable bonds is 4. The normalized spacial score (nSPS) is 18.8. The van der Waals surface area contributed by atoms with E-state index in [0.29, 0.717) is 18.8 Å². The minimum absolute atomic E-state index is 0.0307. The third kappa shape index (κ3) is 3.79. The zero-order valence-corrected chi connectivity index (χ0v) is 17.0. The van der Waals surface area contributed by atoms with Gasteiger partial charge in [0.15, 0.2) is 11.5 Å². The van der Waals surface area contributed by atoms with Gasteiger partial charge in [0.1, 0.15) is 5.82 Å². The number of nitrogens with zero attached hydrogens (tertiary/aromatic N) is 4. The molecule has 4 rings (SSSR count). The molecule has 8 nitrogen and oxygen atoms in total. The number of benzene rings is 1. The number of carbonyl (C=O) groups excluding carboxylic acids is 1. The first-order valence-corrected chi connectivity index (χ1v) is 9.96. The number of likely N-dealkylation sites (tertiary alicyclic amines) is 1. The van der Waals surface area contributed by atoms with Gasteiger partial charge in [0.05, 0.1) is 0 Å². The second-order valence-electron chi connectivity index (χ2n) is 7.80. The van der Waals surface area contributed by atoms with Crippen LogP contribution >= 0.6 is 0 Å². The summed E-state index contributed by atoms with van der Waals surface area (Å²) in [4.78, 5) is 27.0. The Bertz CT molecular complexity index is 1000. The van der Waals surface area contributed by atoms with Crippen LogP contribution in [0.5, 0.6) is 11.5 Å². The molecule has 154 valence electrons. The molecule has 2 aliphatic heterocycles. The number of aryl methyl sites for hydroxylation is 1. The van der Waals surface area contributed by atoms with Crippen LogP contribution in [0.4, 0.5) is 0 Å². The third-order valence-electron chi connectivity index (χ3n) is 5.41. The van der Waals surface area contributed by atoms with E-state index in [1.165, 1.54) is 4.68 Å². The standard InChI is InChI=1S/C21H26N4O4/c1-14(2)25-20(22-23(3)21(25)27)16-5-4-10-24(12-16)19(26)9-7-15-6-8-17-18(11-15)29-13-28-17/h6-9,11,14,16H,4-5,10,12-13H2,1-3H3/b9-7+. The second-order valence-corrected chi connectivity index (χ2v) is 7.80. The van der Waals surface area contributed by atoms with E-state index in [2.05, 4.69) is 5.10 Å². The van der Waals surface area contributed by atoms with Gasteiger partial charge in [-0.2, -0.15) is 5.10 Å². The van der Waals surface area contributed by atoms with Gasteiger partial charge >= 0.3 is 5.69 Å². The molecule has 2 aromatic rings. The zero-order valence-electron chi connectivity index (χ0n) is 17.0. The molecule has 1 saturated heterocycles. The molecule has 1 atom stereocenters. The number of aromatic nitrogens is 3. The SMILES string of the molecule is CC(C)n1c(C2CCCN(C(=O)/C=C/c3ccc4c(c3)OCO4)C2)nn(C)c1=O. The minimum Gasteiger partial charge on any atom is -0.454 e.